The fourth-order valence-corrected chi connectivity index (χ4v) is 5.66. The van der Waals surface area contributed by atoms with Crippen LogP contribution in [0.3, 0.4) is 0 Å². The van der Waals surface area contributed by atoms with Crippen molar-refractivity contribution < 1.29 is 17.1 Å². The first kappa shape index (κ1) is 23.7. The molecule has 0 aliphatic carbocycles. The van der Waals surface area contributed by atoms with Crippen molar-refractivity contribution in [3.8, 4) is 0 Å². The minimum absolute atomic E-state index is 0. The standard InChI is InChI=1S/C32H18N8.Cu/c1-2-10-18-17(9-1)25-33-26(18)38-28-21-13-5-6-14-22(21)30(35-28)40-32-24-16-8-7-15-23(24)31(36-32)39-29-20-12-4-3-11-19(20)27(34-29)37-25;/h1-16,25H,(H,33,34,35,36,37,38,39,40);. The van der Waals surface area contributed by atoms with E-state index >= 15 is 0 Å². The fraction of sp³-hybridized carbons (Fsp3) is 0.0312. The number of hydrogen-bond acceptors (Lipinski definition) is 8. The number of nitrogens with zero attached hydrogens (tertiary/aromatic N) is 7. The molecule has 0 spiro atoms. The Bertz CT molecular complexity index is 2050. The number of benzene rings is 4. The summed E-state index contributed by atoms with van der Waals surface area (Å²) in [6.45, 7) is 0. The van der Waals surface area contributed by atoms with Crippen LogP contribution in [-0.4, -0.2) is 40.8 Å². The van der Waals surface area contributed by atoms with E-state index in [9.17, 15) is 0 Å². The smallest absolute Gasteiger partial charge is 0.164 e. The van der Waals surface area contributed by atoms with Crippen molar-refractivity contribution >= 4 is 40.8 Å². The van der Waals surface area contributed by atoms with E-state index in [4.69, 9.17) is 34.9 Å². The summed E-state index contributed by atoms with van der Waals surface area (Å²) in [5.74, 6) is 4.21. The molecule has 4 aromatic rings. The Labute approximate surface area is 245 Å². The monoisotopic (exact) mass is 577 g/mol. The molecule has 4 aromatic carbocycles. The first-order valence-corrected chi connectivity index (χ1v) is 13.1. The predicted molar refractivity (Wildman–Crippen MR) is 157 cm³/mol. The third-order valence-electron chi connectivity index (χ3n) is 7.54. The third-order valence-corrected chi connectivity index (χ3v) is 7.54. The molecule has 0 aromatic heterocycles. The predicted octanol–water partition coefficient (Wildman–Crippen LogP) is 4.67. The van der Waals surface area contributed by atoms with Crippen LogP contribution in [0, 0.1) is 0 Å². The van der Waals surface area contributed by atoms with Crippen LogP contribution in [0.4, 0.5) is 0 Å². The van der Waals surface area contributed by atoms with Gasteiger partial charge < -0.3 is 5.32 Å². The maximum absolute atomic E-state index is 5.01. The quantitative estimate of drug-likeness (QED) is 0.302. The average Bonchev–Trinajstić information content (AvgIpc) is 3.73. The average molecular weight is 578 g/mol. The Hall–Kier alpha value is -5.11. The molecule has 5 aliphatic heterocycles. The molecule has 1 radical (unpaired) electrons. The number of nitrogens with one attached hydrogen (secondary N) is 1. The largest absolute Gasteiger partial charge is 0.344 e. The molecule has 0 amide bonds. The van der Waals surface area contributed by atoms with Gasteiger partial charge in [-0.15, -0.1) is 0 Å². The van der Waals surface area contributed by atoms with E-state index in [2.05, 4.69) is 11.4 Å². The Balaban J connectivity index is 0.00000256. The first-order chi connectivity index (χ1) is 19.8. The van der Waals surface area contributed by atoms with Crippen molar-refractivity contribution in [1.29, 1.82) is 0 Å². The van der Waals surface area contributed by atoms with Gasteiger partial charge in [-0.3, -0.25) is 0 Å². The summed E-state index contributed by atoms with van der Waals surface area (Å²) in [6.07, 6.45) is -0.358. The van der Waals surface area contributed by atoms with E-state index in [0.29, 0.717) is 40.8 Å². The maximum Gasteiger partial charge on any atom is 0.164 e. The van der Waals surface area contributed by atoms with Crippen molar-refractivity contribution in [2.45, 2.75) is 6.17 Å². The van der Waals surface area contributed by atoms with Gasteiger partial charge in [0.25, 0.3) is 0 Å². The molecule has 0 saturated carbocycles. The van der Waals surface area contributed by atoms with Crippen LogP contribution in [0.25, 0.3) is 0 Å². The zero-order valence-electron chi connectivity index (χ0n) is 21.2. The second-order valence-corrected chi connectivity index (χ2v) is 9.86. The van der Waals surface area contributed by atoms with E-state index in [-0.39, 0.29) is 23.2 Å². The van der Waals surface area contributed by atoms with Crippen LogP contribution in [0.1, 0.15) is 50.7 Å². The molecule has 8 bridgehead atoms. The molecule has 5 heterocycles. The van der Waals surface area contributed by atoms with Gasteiger partial charge in [-0.25, -0.2) is 34.9 Å². The SMILES string of the molecule is [Cu].c1ccc2c(c1)C1=NC3=NC(=NC4=NC(NC5=NC(=NC2=N1)c1ccccc15)c1ccccc14)c1ccccc13. The molecule has 1 atom stereocenters. The molecule has 1 unspecified atom stereocenters. The van der Waals surface area contributed by atoms with E-state index in [0.717, 1.165) is 44.5 Å². The summed E-state index contributed by atoms with van der Waals surface area (Å²) in [7, 11) is 0. The summed E-state index contributed by atoms with van der Waals surface area (Å²) >= 11 is 0. The van der Waals surface area contributed by atoms with Crippen LogP contribution in [-0.2, 0) is 17.1 Å². The van der Waals surface area contributed by atoms with E-state index in [1.54, 1.807) is 0 Å². The Morgan fingerprint density at radius 3 is 1.27 bits per heavy atom. The molecular formula is C32H18CuN8. The number of hydrogen-bond donors (Lipinski definition) is 1. The van der Waals surface area contributed by atoms with E-state index in [1.807, 2.05) is 91.0 Å². The van der Waals surface area contributed by atoms with Crippen LogP contribution < -0.4 is 5.32 Å². The van der Waals surface area contributed by atoms with Crippen molar-refractivity contribution in [2.75, 3.05) is 0 Å². The van der Waals surface area contributed by atoms with E-state index < -0.39 is 0 Å². The second kappa shape index (κ2) is 8.96. The topological polar surface area (TPSA) is 98.5 Å². The third kappa shape index (κ3) is 3.57. The minimum Gasteiger partial charge on any atom is -0.344 e. The normalized spacial score (nSPS) is 18.5. The van der Waals surface area contributed by atoms with Gasteiger partial charge in [0.05, 0.1) is 0 Å². The summed E-state index contributed by atoms with van der Waals surface area (Å²) in [6, 6.07) is 32.2. The zero-order chi connectivity index (χ0) is 26.2. The van der Waals surface area contributed by atoms with E-state index in [1.165, 1.54) is 0 Å². The van der Waals surface area contributed by atoms with Crippen LogP contribution in [0.2, 0.25) is 0 Å². The first-order valence-electron chi connectivity index (χ1n) is 13.1. The molecule has 9 heteroatoms. The molecular weight excluding hydrogens is 560 g/mol. The van der Waals surface area contributed by atoms with Crippen molar-refractivity contribution in [3.05, 3.63) is 142 Å². The van der Waals surface area contributed by atoms with Gasteiger partial charge >= 0.3 is 0 Å². The van der Waals surface area contributed by atoms with Gasteiger partial charge in [0.15, 0.2) is 35.0 Å². The van der Waals surface area contributed by atoms with Gasteiger partial charge in [0.1, 0.15) is 12.0 Å². The van der Waals surface area contributed by atoms with Gasteiger partial charge in [0, 0.05) is 61.6 Å². The molecule has 0 saturated heterocycles. The molecule has 41 heavy (non-hydrogen) atoms. The Kier molecular flexibility index (Phi) is 5.19. The van der Waals surface area contributed by atoms with Gasteiger partial charge in [-0.1, -0.05) is 97.1 Å². The number of fused-ring (bicyclic) bond motifs is 16. The van der Waals surface area contributed by atoms with Crippen LogP contribution >= 0.6 is 0 Å². The summed E-state index contributed by atoms with van der Waals surface area (Å²) in [5, 5.41) is 3.57. The van der Waals surface area contributed by atoms with Crippen LogP contribution in [0.5, 0.6) is 0 Å². The minimum atomic E-state index is -0.358. The molecule has 5 aliphatic rings. The van der Waals surface area contributed by atoms with Crippen molar-refractivity contribution in [1.82, 2.24) is 5.32 Å². The van der Waals surface area contributed by atoms with Crippen molar-refractivity contribution in [3.63, 3.8) is 0 Å². The van der Waals surface area contributed by atoms with Crippen molar-refractivity contribution in [2.24, 2.45) is 34.9 Å². The summed E-state index contributed by atoms with van der Waals surface area (Å²) in [4.78, 5) is 34.7. The molecule has 9 rings (SSSR count). The fourth-order valence-electron chi connectivity index (χ4n) is 5.66. The van der Waals surface area contributed by atoms with Gasteiger partial charge in [-0.2, -0.15) is 0 Å². The maximum atomic E-state index is 5.01. The molecule has 197 valence electrons. The second-order valence-electron chi connectivity index (χ2n) is 9.86. The number of amidine groups is 7. The number of aliphatic imine (C=N–C) groups is 7. The summed E-state index contributed by atoms with van der Waals surface area (Å²) < 4.78 is 0. The Morgan fingerprint density at radius 2 is 0.756 bits per heavy atom. The number of rotatable bonds is 0. The summed E-state index contributed by atoms with van der Waals surface area (Å²) in [5.41, 5.74) is 7.54. The van der Waals surface area contributed by atoms with Crippen LogP contribution in [0.15, 0.2) is 132 Å². The Morgan fingerprint density at radius 1 is 0.390 bits per heavy atom. The van der Waals surface area contributed by atoms with Gasteiger partial charge in [-0.05, 0) is 0 Å². The molecule has 8 nitrogen and oxygen atoms in total. The molecule has 1 N–H and O–H groups in total. The van der Waals surface area contributed by atoms with Gasteiger partial charge in [0.2, 0.25) is 0 Å². The zero-order valence-corrected chi connectivity index (χ0v) is 22.2. The molecule has 0 fully saturated rings.